The quantitative estimate of drug-likeness (QED) is 0.812. The lowest BCUT2D eigenvalue weighted by atomic mass is 10.2. The van der Waals surface area contributed by atoms with Crippen LogP contribution < -0.4 is 5.43 Å². The van der Waals surface area contributed by atoms with Gasteiger partial charge in [0.2, 0.25) is 0 Å². The lowest BCUT2D eigenvalue weighted by molar-refractivity contribution is 0.102. The largest absolute Gasteiger partial charge is 0.361 e. The number of nitrogens with zero attached hydrogens (tertiary/aromatic N) is 3. The highest BCUT2D eigenvalue weighted by molar-refractivity contribution is 5.20. The average Bonchev–Trinajstić information content (AvgIpc) is 2.59. The lowest BCUT2D eigenvalue weighted by Crippen LogP contribution is -2.50. The summed E-state index contributed by atoms with van der Waals surface area (Å²) in [5, 5.41) is 6.22. The molecule has 1 saturated heterocycles. The molecule has 0 atom stereocenters. The highest BCUT2D eigenvalue weighted by Gasteiger charge is 2.15. The molecule has 1 fully saturated rings. The van der Waals surface area contributed by atoms with Crippen LogP contribution in [0.2, 0.25) is 0 Å². The maximum Gasteiger partial charge on any atom is 0.138 e. The third-order valence-electron chi connectivity index (χ3n) is 3.16. The number of aryl methyl sites for hydroxylation is 2. The molecular weight excluding hydrogens is 204 g/mol. The van der Waals surface area contributed by atoms with Gasteiger partial charge >= 0.3 is 0 Å². The van der Waals surface area contributed by atoms with Gasteiger partial charge in [-0.05, 0) is 20.9 Å². The summed E-state index contributed by atoms with van der Waals surface area (Å²) in [6.07, 6.45) is 0. The second kappa shape index (κ2) is 4.95. The van der Waals surface area contributed by atoms with Crippen LogP contribution in [0.1, 0.15) is 17.0 Å². The van der Waals surface area contributed by atoms with E-state index in [9.17, 15) is 0 Å². The molecule has 5 nitrogen and oxygen atoms in total. The van der Waals surface area contributed by atoms with Crippen molar-refractivity contribution >= 4 is 0 Å². The van der Waals surface area contributed by atoms with Crippen molar-refractivity contribution in [1.82, 2.24) is 20.5 Å². The zero-order valence-corrected chi connectivity index (χ0v) is 10.3. The standard InChI is InChI=1S/C11H20N4O/c1-9-11(10(2)16-13-9)8-12-15-6-4-14(3)5-7-15/h12H,4-8H2,1-3H3. The van der Waals surface area contributed by atoms with Gasteiger partial charge in [-0.2, -0.15) is 0 Å². The van der Waals surface area contributed by atoms with Crippen molar-refractivity contribution in [1.29, 1.82) is 0 Å². The highest BCUT2D eigenvalue weighted by Crippen LogP contribution is 2.11. The van der Waals surface area contributed by atoms with E-state index in [1.807, 2.05) is 13.8 Å². The number of hydrazine groups is 1. The van der Waals surface area contributed by atoms with Crippen LogP contribution in [0.5, 0.6) is 0 Å². The molecule has 1 aromatic heterocycles. The lowest BCUT2D eigenvalue weighted by Gasteiger charge is -2.32. The van der Waals surface area contributed by atoms with Crippen LogP contribution in [0.25, 0.3) is 0 Å². The number of nitrogens with one attached hydrogen (secondary N) is 1. The van der Waals surface area contributed by atoms with E-state index in [1.165, 1.54) is 5.56 Å². The minimum Gasteiger partial charge on any atom is -0.361 e. The SMILES string of the molecule is Cc1noc(C)c1CNN1CCN(C)CC1. The van der Waals surface area contributed by atoms with Gasteiger partial charge in [-0.15, -0.1) is 0 Å². The number of aromatic nitrogens is 1. The van der Waals surface area contributed by atoms with Crippen molar-refractivity contribution in [2.75, 3.05) is 33.2 Å². The molecule has 2 rings (SSSR count). The third-order valence-corrected chi connectivity index (χ3v) is 3.16. The van der Waals surface area contributed by atoms with Crippen LogP contribution in [0.4, 0.5) is 0 Å². The smallest absolute Gasteiger partial charge is 0.138 e. The van der Waals surface area contributed by atoms with Crippen molar-refractivity contribution in [3.8, 4) is 0 Å². The predicted octanol–water partition coefficient (Wildman–Crippen LogP) is 0.543. The third kappa shape index (κ3) is 2.61. The Morgan fingerprint density at radius 1 is 1.25 bits per heavy atom. The molecule has 1 N–H and O–H groups in total. The van der Waals surface area contributed by atoms with E-state index in [1.54, 1.807) is 0 Å². The van der Waals surface area contributed by atoms with E-state index < -0.39 is 0 Å². The first-order valence-electron chi connectivity index (χ1n) is 5.75. The summed E-state index contributed by atoms with van der Waals surface area (Å²) < 4.78 is 5.14. The molecule has 1 aliphatic rings. The molecule has 16 heavy (non-hydrogen) atoms. The Morgan fingerprint density at radius 2 is 1.94 bits per heavy atom. The Balaban J connectivity index is 1.83. The van der Waals surface area contributed by atoms with Crippen molar-refractivity contribution in [2.24, 2.45) is 0 Å². The fourth-order valence-electron chi connectivity index (χ4n) is 1.91. The number of rotatable bonds is 3. The Morgan fingerprint density at radius 3 is 2.50 bits per heavy atom. The number of piperazine rings is 1. The molecule has 0 spiro atoms. The Kier molecular flexibility index (Phi) is 3.58. The highest BCUT2D eigenvalue weighted by atomic mass is 16.5. The molecule has 0 saturated carbocycles. The van der Waals surface area contributed by atoms with Crippen LogP contribution >= 0.6 is 0 Å². The van der Waals surface area contributed by atoms with Gasteiger partial charge in [-0.25, -0.2) is 5.01 Å². The van der Waals surface area contributed by atoms with E-state index in [0.717, 1.165) is 44.2 Å². The van der Waals surface area contributed by atoms with Gasteiger partial charge in [-0.1, -0.05) is 5.16 Å². The van der Waals surface area contributed by atoms with E-state index in [0.29, 0.717) is 0 Å². The molecule has 2 heterocycles. The minimum atomic E-state index is 0.810. The molecule has 0 unspecified atom stereocenters. The summed E-state index contributed by atoms with van der Waals surface area (Å²) in [6, 6.07) is 0. The summed E-state index contributed by atoms with van der Waals surface area (Å²) in [6.45, 7) is 9.13. The maximum atomic E-state index is 5.14. The molecule has 0 amide bonds. The molecule has 1 aliphatic heterocycles. The predicted molar refractivity (Wildman–Crippen MR) is 61.9 cm³/mol. The molecule has 0 bridgehead atoms. The zero-order valence-electron chi connectivity index (χ0n) is 10.3. The van der Waals surface area contributed by atoms with Crippen LogP contribution in [-0.4, -0.2) is 48.3 Å². The van der Waals surface area contributed by atoms with Gasteiger partial charge in [-0.3, -0.25) is 5.43 Å². The zero-order chi connectivity index (χ0) is 11.5. The molecule has 90 valence electrons. The summed E-state index contributed by atoms with van der Waals surface area (Å²) in [5.74, 6) is 0.916. The average molecular weight is 224 g/mol. The van der Waals surface area contributed by atoms with Gasteiger partial charge in [0.15, 0.2) is 0 Å². The summed E-state index contributed by atoms with van der Waals surface area (Å²) in [5.41, 5.74) is 5.60. The Labute approximate surface area is 96.4 Å². The summed E-state index contributed by atoms with van der Waals surface area (Å²) >= 11 is 0. The van der Waals surface area contributed by atoms with Gasteiger partial charge < -0.3 is 9.42 Å². The molecule has 1 aromatic rings. The van der Waals surface area contributed by atoms with Crippen LogP contribution in [0, 0.1) is 13.8 Å². The van der Waals surface area contributed by atoms with Crippen molar-refractivity contribution in [3.63, 3.8) is 0 Å². The molecule has 5 heteroatoms. The first kappa shape index (κ1) is 11.6. The minimum absolute atomic E-state index is 0.810. The summed E-state index contributed by atoms with van der Waals surface area (Å²) in [7, 11) is 2.16. The van der Waals surface area contributed by atoms with Crippen molar-refractivity contribution in [2.45, 2.75) is 20.4 Å². The van der Waals surface area contributed by atoms with Gasteiger partial charge in [0, 0.05) is 38.3 Å². The fourth-order valence-corrected chi connectivity index (χ4v) is 1.91. The van der Waals surface area contributed by atoms with Gasteiger partial charge in [0.25, 0.3) is 0 Å². The normalized spacial score (nSPS) is 19.2. The second-order valence-corrected chi connectivity index (χ2v) is 4.43. The molecule has 0 radical (unpaired) electrons. The van der Waals surface area contributed by atoms with Crippen LogP contribution in [0.15, 0.2) is 4.52 Å². The molecule has 0 aliphatic carbocycles. The maximum absolute atomic E-state index is 5.14. The second-order valence-electron chi connectivity index (χ2n) is 4.43. The first-order chi connectivity index (χ1) is 7.66. The Bertz CT molecular complexity index is 322. The van der Waals surface area contributed by atoms with Gasteiger partial charge in [0.1, 0.15) is 5.76 Å². The fraction of sp³-hybridized carbons (Fsp3) is 0.727. The van der Waals surface area contributed by atoms with E-state index in [-0.39, 0.29) is 0 Å². The van der Waals surface area contributed by atoms with E-state index in [4.69, 9.17) is 4.52 Å². The molecule has 0 aromatic carbocycles. The van der Waals surface area contributed by atoms with Crippen molar-refractivity contribution < 1.29 is 4.52 Å². The number of hydrogen-bond donors (Lipinski definition) is 1. The van der Waals surface area contributed by atoms with Crippen molar-refractivity contribution in [3.05, 3.63) is 17.0 Å². The number of hydrogen-bond acceptors (Lipinski definition) is 5. The van der Waals surface area contributed by atoms with E-state index in [2.05, 4.69) is 27.5 Å². The monoisotopic (exact) mass is 224 g/mol. The number of likely N-dealkylation sites (N-methyl/N-ethyl adjacent to an activating group) is 1. The van der Waals surface area contributed by atoms with Gasteiger partial charge in [0.05, 0.1) is 5.69 Å². The topological polar surface area (TPSA) is 44.5 Å². The van der Waals surface area contributed by atoms with E-state index >= 15 is 0 Å². The van der Waals surface area contributed by atoms with Crippen LogP contribution in [-0.2, 0) is 6.54 Å². The Hall–Kier alpha value is -0.910. The van der Waals surface area contributed by atoms with Crippen LogP contribution in [0.3, 0.4) is 0 Å². The molecular formula is C11H20N4O. The first-order valence-corrected chi connectivity index (χ1v) is 5.75. The summed E-state index contributed by atoms with van der Waals surface area (Å²) in [4.78, 5) is 2.34.